The predicted molar refractivity (Wildman–Crippen MR) is 130 cm³/mol. The van der Waals surface area contributed by atoms with Gasteiger partial charge in [-0.1, -0.05) is 23.7 Å². The van der Waals surface area contributed by atoms with E-state index < -0.39 is 5.60 Å². The van der Waals surface area contributed by atoms with Crippen molar-refractivity contribution in [1.82, 2.24) is 15.5 Å². The summed E-state index contributed by atoms with van der Waals surface area (Å²) in [5.74, 6) is 0.755. The molecule has 164 valence electrons. The molecule has 1 heterocycles. The van der Waals surface area contributed by atoms with Crippen molar-refractivity contribution >= 4 is 41.5 Å². The first-order chi connectivity index (χ1) is 13.4. The molecule has 0 bridgehead atoms. The number of hydrogen-bond donors (Lipinski definition) is 3. The topological polar surface area (TPSA) is 69.1 Å². The number of ether oxygens (including phenoxy) is 1. The van der Waals surface area contributed by atoms with Crippen LogP contribution in [0.4, 0.5) is 0 Å². The third-order valence-electron chi connectivity index (χ3n) is 5.49. The molecule has 1 aromatic carbocycles. The Hall–Kier alpha value is -0.610. The minimum Gasteiger partial charge on any atom is -0.387 e. The average Bonchev–Trinajstić information content (AvgIpc) is 3.46. The zero-order valence-corrected chi connectivity index (χ0v) is 20.5. The maximum absolute atomic E-state index is 10.8. The van der Waals surface area contributed by atoms with Crippen LogP contribution in [0.15, 0.2) is 29.3 Å². The summed E-state index contributed by atoms with van der Waals surface area (Å²) in [6.45, 7) is 9.66. The van der Waals surface area contributed by atoms with Crippen LogP contribution < -0.4 is 10.6 Å². The molecule has 1 aliphatic heterocycles. The SMILES string of the molecule is CCNC(=NCC(C)(O)CN1CCOCC1)NCC1(c2ccc(Cl)cc2)CC1.I. The molecule has 1 saturated heterocycles. The van der Waals surface area contributed by atoms with E-state index in [-0.39, 0.29) is 29.4 Å². The predicted octanol–water partition coefficient (Wildman–Crippen LogP) is 2.63. The van der Waals surface area contributed by atoms with Crippen molar-refractivity contribution in [3.63, 3.8) is 0 Å². The zero-order valence-electron chi connectivity index (χ0n) is 17.4. The summed E-state index contributed by atoms with van der Waals surface area (Å²) in [6, 6.07) is 8.15. The van der Waals surface area contributed by atoms with Gasteiger partial charge in [-0.3, -0.25) is 9.89 Å². The third-order valence-corrected chi connectivity index (χ3v) is 5.75. The lowest BCUT2D eigenvalue weighted by Crippen LogP contribution is -2.48. The number of nitrogens with one attached hydrogen (secondary N) is 2. The summed E-state index contributed by atoms with van der Waals surface area (Å²) in [5, 5.41) is 18.3. The molecular weight excluding hydrogens is 503 g/mol. The van der Waals surface area contributed by atoms with Gasteiger partial charge < -0.3 is 20.5 Å². The molecular formula is C21H34ClIN4O2. The first-order valence-electron chi connectivity index (χ1n) is 10.2. The second-order valence-electron chi connectivity index (χ2n) is 8.22. The monoisotopic (exact) mass is 536 g/mol. The summed E-state index contributed by atoms with van der Waals surface area (Å²) < 4.78 is 5.38. The normalized spacial score (nSPS) is 21.0. The fourth-order valence-electron chi connectivity index (χ4n) is 3.66. The quantitative estimate of drug-likeness (QED) is 0.271. The Labute approximate surface area is 196 Å². The molecule has 0 amide bonds. The van der Waals surface area contributed by atoms with Gasteiger partial charge in [0.2, 0.25) is 0 Å². The largest absolute Gasteiger partial charge is 0.387 e. The lowest BCUT2D eigenvalue weighted by Gasteiger charge is -2.33. The fourth-order valence-corrected chi connectivity index (χ4v) is 3.78. The van der Waals surface area contributed by atoms with Gasteiger partial charge in [0.15, 0.2) is 5.96 Å². The molecule has 29 heavy (non-hydrogen) atoms. The summed E-state index contributed by atoms with van der Waals surface area (Å²) in [7, 11) is 0. The molecule has 8 heteroatoms. The Bertz CT molecular complexity index is 659. The molecule has 1 aliphatic carbocycles. The first-order valence-corrected chi connectivity index (χ1v) is 10.6. The van der Waals surface area contributed by atoms with E-state index in [1.807, 2.05) is 19.1 Å². The van der Waals surface area contributed by atoms with Crippen molar-refractivity contribution in [1.29, 1.82) is 0 Å². The number of halogens is 2. The Morgan fingerprint density at radius 3 is 2.48 bits per heavy atom. The van der Waals surface area contributed by atoms with E-state index in [1.165, 1.54) is 5.56 Å². The van der Waals surface area contributed by atoms with Crippen LogP contribution in [0.2, 0.25) is 5.02 Å². The van der Waals surface area contributed by atoms with Crippen LogP contribution in [-0.4, -0.2) is 74.0 Å². The minimum atomic E-state index is -0.868. The number of aliphatic hydroxyl groups is 1. The highest BCUT2D eigenvalue weighted by atomic mass is 127. The molecule has 3 N–H and O–H groups in total. The van der Waals surface area contributed by atoms with Crippen LogP contribution in [-0.2, 0) is 10.2 Å². The number of nitrogens with zero attached hydrogens (tertiary/aromatic N) is 2. The number of β-amino-alcohol motifs (C(OH)–C–C–N with tert-alkyl or cyclic N) is 1. The molecule has 2 aliphatic rings. The second-order valence-corrected chi connectivity index (χ2v) is 8.66. The number of aliphatic imine (C=N–C) groups is 1. The van der Waals surface area contributed by atoms with E-state index in [9.17, 15) is 5.11 Å². The lowest BCUT2D eigenvalue weighted by atomic mass is 9.96. The molecule has 6 nitrogen and oxygen atoms in total. The highest BCUT2D eigenvalue weighted by Crippen LogP contribution is 2.47. The van der Waals surface area contributed by atoms with Crippen LogP contribution in [0.1, 0.15) is 32.3 Å². The maximum atomic E-state index is 10.8. The lowest BCUT2D eigenvalue weighted by molar-refractivity contribution is -0.0179. The Morgan fingerprint density at radius 2 is 1.90 bits per heavy atom. The molecule has 3 rings (SSSR count). The van der Waals surface area contributed by atoms with Gasteiger partial charge in [0, 0.05) is 43.2 Å². The number of morpholine rings is 1. The Kier molecular flexibility index (Phi) is 9.47. The molecule has 0 aromatic heterocycles. The molecule has 1 unspecified atom stereocenters. The van der Waals surface area contributed by atoms with E-state index in [0.717, 1.165) is 63.2 Å². The van der Waals surface area contributed by atoms with Crippen molar-refractivity contribution < 1.29 is 9.84 Å². The smallest absolute Gasteiger partial charge is 0.191 e. The van der Waals surface area contributed by atoms with E-state index in [1.54, 1.807) is 0 Å². The van der Waals surface area contributed by atoms with Gasteiger partial charge in [-0.05, 0) is 44.4 Å². The van der Waals surface area contributed by atoms with Crippen molar-refractivity contribution in [3.8, 4) is 0 Å². The van der Waals surface area contributed by atoms with E-state index in [4.69, 9.17) is 16.3 Å². The van der Waals surface area contributed by atoms with Gasteiger partial charge in [-0.2, -0.15) is 0 Å². The number of guanidine groups is 1. The van der Waals surface area contributed by atoms with Gasteiger partial charge in [0.05, 0.1) is 25.4 Å². The number of rotatable bonds is 8. The van der Waals surface area contributed by atoms with Gasteiger partial charge in [0.25, 0.3) is 0 Å². The Morgan fingerprint density at radius 1 is 1.24 bits per heavy atom. The summed E-state index contributed by atoms with van der Waals surface area (Å²) in [6.07, 6.45) is 2.32. The number of hydrogen-bond acceptors (Lipinski definition) is 4. The van der Waals surface area contributed by atoms with Crippen molar-refractivity contribution in [2.24, 2.45) is 4.99 Å². The second kappa shape index (κ2) is 11.1. The van der Waals surface area contributed by atoms with Crippen LogP contribution in [0.5, 0.6) is 0 Å². The minimum absolute atomic E-state index is 0. The standard InChI is InChI=1S/C21H33ClN4O2.HI/c1-3-23-19(24-14-20(2,27)16-26-10-12-28-13-11-26)25-15-21(8-9-21)17-4-6-18(22)7-5-17;/h4-7,27H,3,8-16H2,1-2H3,(H2,23,24,25);1H. The van der Waals surface area contributed by atoms with Crippen molar-refractivity contribution in [2.75, 3.05) is 52.5 Å². The molecule has 1 atom stereocenters. The molecule has 1 saturated carbocycles. The van der Waals surface area contributed by atoms with Gasteiger partial charge >= 0.3 is 0 Å². The molecule has 1 aromatic rings. The highest BCUT2D eigenvalue weighted by Gasteiger charge is 2.44. The molecule has 0 spiro atoms. The van der Waals surface area contributed by atoms with Gasteiger partial charge in [-0.15, -0.1) is 24.0 Å². The first kappa shape index (κ1) is 24.7. The average molecular weight is 537 g/mol. The summed E-state index contributed by atoms with van der Waals surface area (Å²) in [4.78, 5) is 6.89. The fraction of sp³-hybridized carbons (Fsp3) is 0.667. The maximum Gasteiger partial charge on any atom is 0.191 e. The third kappa shape index (κ3) is 7.54. The number of benzene rings is 1. The van der Waals surface area contributed by atoms with Crippen molar-refractivity contribution in [2.45, 2.75) is 37.7 Å². The van der Waals surface area contributed by atoms with E-state index in [0.29, 0.717) is 13.1 Å². The van der Waals surface area contributed by atoms with Crippen LogP contribution in [0.25, 0.3) is 0 Å². The van der Waals surface area contributed by atoms with E-state index in [2.05, 4.69) is 39.6 Å². The highest BCUT2D eigenvalue weighted by molar-refractivity contribution is 14.0. The van der Waals surface area contributed by atoms with Crippen molar-refractivity contribution in [3.05, 3.63) is 34.9 Å². The Balaban J connectivity index is 0.00000300. The van der Waals surface area contributed by atoms with Crippen LogP contribution >= 0.6 is 35.6 Å². The van der Waals surface area contributed by atoms with Gasteiger partial charge in [0.1, 0.15) is 0 Å². The molecule has 0 radical (unpaired) electrons. The zero-order chi connectivity index (χ0) is 20.0. The van der Waals surface area contributed by atoms with Crippen LogP contribution in [0, 0.1) is 0 Å². The van der Waals surface area contributed by atoms with E-state index >= 15 is 0 Å². The van der Waals surface area contributed by atoms with Gasteiger partial charge in [-0.25, -0.2) is 0 Å². The molecule has 2 fully saturated rings. The summed E-state index contributed by atoms with van der Waals surface area (Å²) in [5.41, 5.74) is 0.615. The van der Waals surface area contributed by atoms with Crippen LogP contribution in [0.3, 0.4) is 0 Å². The summed E-state index contributed by atoms with van der Waals surface area (Å²) >= 11 is 6.03.